The fourth-order valence-corrected chi connectivity index (χ4v) is 3.73. The van der Waals surface area contributed by atoms with Crippen molar-refractivity contribution in [3.63, 3.8) is 0 Å². The minimum Gasteiger partial charge on any atom is -0.354 e. The molecule has 1 heterocycles. The molecule has 1 aromatic rings. The summed E-state index contributed by atoms with van der Waals surface area (Å²) < 4.78 is 38.5. The molecule has 0 saturated carbocycles. The Kier molecular flexibility index (Phi) is 7.68. The van der Waals surface area contributed by atoms with Gasteiger partial charge in [-0.3, -0.25) is 9.69 Å². The predicted octanol–water partition coefficient (Wildman–Crippen LogP) is 3.59. The molecule has 4 nitrogen and oxygen atoms in total. The first kappa shape index (κ1) is 21.7. The van der Waals surface area contributed by atoms with Gasteiger partial charge in [-0.25, -0.2) is 0 Å². The molecule has 1 unspecified atom stereocenters. The maximum atomic E-state index is 12.8. The number of nitrogens with one attached hydrogen (secondary N) is 2. The van der Waals surface area contributed by atoms with Gasteiger partial charge < -0.3 is 10.6 Å². The summed E-state index contributed by atoms with van der Waals surface area (Å²) in [6.07, 6.45) is -2.72. The van der Waals surface area contributed by atoms with Crippen molar-refractivity contribution in [2.45, 2.75) is 51.9 Å². The van der Waals surface area contributed by atoms with Crippen LogP contribution in [0.1, 0.15) is 50.8 Å². The fourth-order valence-electron chi connectivity index (χ4n) is 3.73. The maximum absolute atomic E-state index is 12.8. The van der Waals surface area contributed by atoms with Crippen molar-refractivity contribution in [3.8, 4) is 0 Å². The number of likely N-dealkylation sites (N-methyl/N-ethyl adjacent to an activating group) is 1. The van der Waals surface area contributed by atoms with E-state index in [0.29, 0.717) is 12.6 Å². The number of hydrogen-bond acceptors (Lipinski definition) is 3. The SMILES string of the molecule is CCN(CC)C(CNC(=O)[C@H]1CCN[C@@H](C)C1)c1ccc(C(F)(F)F)cc1. The van der Waals surface area contributed by atoms with E-state index in [1.807, 2.05) is 13.8 Å². The number of rotatable bonds is 7. The second-order valence-electron chi connectivity index (χ2n) is 7.18. The van der Waals surface area contributed by atoms with Gasteiger partial charge in [0.1, 0.15) is 0 Å². The second-order valence-corrected chi connectivity index (χ2v) is 7.18. The minimum atomic E-state index is -4.34. The Bertz CT molecular complexity index is 599. The van der Waals surface area contributed by atoms with Crippen LogP contribution in [0.15, 0.2) is 24.3 Å². The molecule has 1 aliphatic heterocycles. The van der Waals surface area contributed by atoms with Crippen LogP contribution in [-0.2, 0) is 11.0 Å². The van der Waals surface area contributed by atoms with E-state index in [9.17, 15) is 18.0 Å². The zero-order chi connectivity index (χ0) is 20.0. The number of benzene rings is 1. The zero-order valence-electron chi connectivity index (χ0n) is 16.3. The molecule has 1 aromatic carbocycles. The molecule has 1 fully saturated rings. The average Bonchev–Trinajstić information content (AvgIpc) is 2.64. The normalized spacial score (nSPS) is 21.9. The first-order valence-corrected chi connectivity index (χ1v) is 9.68. The van der Waals surface area contributed by atoms with Gasteiger partial charge >= 0.3 is 6.18 Å². The molecule has 1 saturated heterocycles. The van der Waals surface area contributed by atoms with E-state index >= 15 is 0 Å². The monoisotopic (exact) mass is 385 g/mol. The quantitative estimate of drug-likeness (QED) is 0.754. The molecule has 152 valence electrons. The van der Waals surface area contributed by atoms with Crippen molar-refractivity contribution in [1.29, 1.82) is 0 Å². The van der Waals surface area contributed by atoms with Gasteiger partial charge in [-0.15, -0.1) is 0 Å². The number of hydrogen-bond donors (Lipinski definition) is 2. The Morgan fingerprint density at radius 2 is 1.89 bits per heavy atom. The number of alkyl halides is 3. The smallest absolute Gasteiger partial charge is 0.354 e. The molecule has 27 heavy (non-hydrogen) atoms. The zero-order valence-corrected chi connectivity index (χ0v) is 16.3. The maximum Gasteiger partial charge on any atom is 0.416 e. The van der Waals surface area contributed by atoms with Crippen molar-refractivity contribution in [2.24, 2.45) is 5.92 Å². The third kappa shape index (κ3) is 5.94. The Labute approximate surface area is 159 Å². The first-order valence-electron chi connectivity index (χ1n) is 9.68. The number of amides is 1. The molecule has 7 heteroatoms. The molecular formula is C20H30F3N3O. The van der Waals surface area contributed by atoms with Crippen LogP contribution in [0.25, 0.3) is 0 Å². The summed E-state index contributed by atoms with van der Waals surface area (Å²) in [4.78, 5) is 14.7. The fraction of sp³-hybridized carbons (Fsp3) is 0.650. The topological polar surface area (TPSA) is 44.4 Å². The predicted molar refractivity (Wildman–Crippen MR) is 100 cm³/mol. The minimum absolute atomic E-state index is 0.00814. The number of halogens is 3. The molecule has 2 N–H and O–H groups in total. The largest absolute Gasteiger partial charge is 0.416 e. The Hall–Kier alpha value is -1.60. The summed E-state index contributed by atoms with van der Waals surface area (Å²) in [6, 6.07) is 5.44. The average molecular weight is 385 g/mol. The summed E-state index contributed by atoms with van der Waals surface area (Å²) in [5, 5.41) is 6.37. The van der Waals surface area contributed by atoms with Crippen LogP contribution in [0.2, 0.25) is 0 Å². The molecule has 0 aliphatic carbocycles. The summed E-state index contributed by atoms with van der Waals surface area (Å²) in [5.41, 5.74) is 0.128. The van der Waals surface area contributed by atoms with E-state index < -0.39 is 11.7 Å². The van der Waals surface area contributed by atoms with Crippen LogP contribution in [0, 0.1) is 5.92 Å². The van der Waals surface area contributed by atoms with E-state index in [-0.39, 0.29) is 17.9 Å². The lowest BCUT2D eigenvalue weighted by Crippen LogP contribution is -2.44. The molecule has 0 aromatic heterocycles. The van der Waals surface area contributed by atoms with Gasteiger partial charge in [0.15, 0.2) is 0 Å². The van der Waals surface area contributed by atoms with Crippen LogP contribution in [0.5, 0.6) is 0 Å². The number of carbonyl (C=O) groups is 1. The lowest BCUT2D eigenvalue weighted by Gasteiger charge is -2.32. The summed E-state index contributed by atoms with van der Waals surface area (Å²) in [5.74, 6) is 0.0265. The van der Waals surface area contributed by atoms with E-state index in [1.54, 1.807) is 0 Å². The standard InChI is InChI=1S/C20H30F3N3O/c1-4-26(5-2)18(15-6-8-17(9-7-15)20(21,22)23)13-25-19(27)16-10-11-24-14(3)12-16/h6-9,14,16,18,24H,4-5,10-13H2,1-3H3,(H,25,27)/t14-,16-,18?/m0/s1. The second kappa shape index (κ2) is 9.55. The number of carbonyl (C=O) groups excluding carboxylic acids is 1. The van der Waals surface area contributed by atoms with Crippen molar-refractivity contribution >= 4 is 5.91 Å². The van der Waals surface area contributed by atoms with Crippen molar-refractivity contribution in [1.82, 2.24) is 15.5 Å². The Morgan fingerprint density at radius 3 is 2.41 bits per heavy atom. The van der Waals surface area contributed by atoms with Crippen LogP contribution in [0.3, 0.4) is 0 Å². The number of piperidine rings is 1. The van der Waals surface area contributed by atoms with Crippen LogP contribution < -0.4 is 10.6 Å². The third-order valence-corrected chi connectivity index (χ3v) is 5.34. The van der Waals surface area contributed by atoms with Crippen LogP contribution in [0.4, 0.5) is 13.2 Å². The first-order chi connectivity index (χ1) is 12.8. The highest BCUT2D eigenvalue weighted by Crippen LogP contribution is 2.30. The summed E-state index contributed by atoms with van der Waals surface area (Å²) >= 11 is 0. The summed E-state index contributed by atoms with van der Waals surface area (Å²) in [6.45, 7) is 8.82. The molecule has 0 radical (unpaired) electrons. The van der Waals surface area contributed by atoms with Gasteiger partial charge in [0, 0.05) is 18.5 Å². The van der Waals surface area contributed by atoms with E-state index in [2.05, 4.69) is 22.5 Å². The van der Waals surface area contributed by atoms with Gasteiger partial charge in [-0.2, -0.15) is 13.2 Å². The Morgan fingerprint density at radius 1 is 1.26 bits per heavy atom. The third-order valence-electron chi connectivity index (χ3n) is 5.34. The van der Waals surface area contributed by atoms with Gasteiger partial charge in [0.2, 0.25) is 5.91 Å². The highest BCUT2D eigenvalue weighted by Gasteiger charge is 2.31. The van der Waals surface area contributed by atoms with Crippen molar-refractivity contribution < 1.29 is 18.0 Å². The highest BCUT2D eigenvalue weighted by atomic mass is 19.4. The van der Waals surface area contributed by atoms with Gasteiger partial charge in [-0.05, 0) is 57.1 Å². The Balaban J connectivity index is 2.09. The molecule has 1 aliphatic rings. The van der Waals surface area contributed by atoms with Gasteiger partial charge in [-0.1, -0.05) is 26.0 Å². The molecule has 2 rings (SSSR count). The van der Waals surface area contributed by atoms with Crippen molar-refractivity contribution in [2.75, 3.05) is 26.2 Å². The lowest BCUT2D eigenvalue weighted by atomic mass is 9.92. The van der Waals surface area contributed by atoms with Gasteiger partial charge in [0.25, 0.3) is 0 Å². The van der Waals surface area contributed by atoms with Crippen molar-refractivity contribution in [3.05, 3.63) is 35.4 Å². The number of nitrogens with zero attached hydrogens (tertiary/aromatic N) is 1. The van der Waals surface area contributed by atoms with E-state index in [0.717, 1.165) is 50.2 Å². The molecule has 0 spiro atoms. The van der Waals surface area contributed by atoms with Gasteiger partial charge in [0.05, 0.1) is 11.6 Å². The highest BCUT2D eigenvalue weighted by molar-refractivity contribution is 5.78. The molecular weight excluding hydrogens is 355 g/mol. The lowest BCUT2D eigenvalue weighted by molar-refractivity contribution is -0.137. The van der Waals surface area contributed by atoms with E-state index in [1.165, 1.54) is 12.1 Å². The summed E-state index contributed by atoms with van der Waals surface area (Å²) in [7, 11) is 0. The van der Waals surface area contributed by atoms with E-state index in [4.69, 9.17) is 0 Å². The molecule has 0 bridgehead atoms. The van der Waals surface area contributed by atoms with Crippen LogP contribution >= 0.6 is 0 Å². The molecule has 3 atom stereocenters. The molecule has 1 amide bonds. The van der Waals surface area contributed by atoms with Crippen LogP contribution in [-0.4, -0.2) is 43.0 Å².